The molecule has 284 valence electrons. The van der Waals surface area contributed by atoms with Crippen molar-refractivity contribution >= 4 is 44.7 Å². The second-order valence-corrected chi connectivity index (χ2v) is 14.7. The van der Waals surface area contributed by atoms with Crippen molar-refractivity contribution in [2.45, 2.75) is 114 Å². The van der Waals surface area contributed by atoms with E-state index in [4.69, 9.17) is 63.1 Å². The lowest BCUT2D eigenvalue weighted by molar-refractivity contribution is -0.0769. The largest absolute Gasteiger partial charge is 0.489 e. The summed E-state index contributed by atoms with van der Waals surface area (Å²) in [5.41, 5.74) is 12.1. The first-order chi connectivity index (χ1) is 25.0. The van der Waals surface area contributed by atoms with Gasteiger partial charge < -0.3 is 39.9 Å². The number of hydrogen-bond donors (Lipinski definition) is 2. The highest BCUT2D eigenvalue weighted by Crippen LogP contribution is 2.41. The predicted octanol–water partition coefficient (Wildman–Crippen LogP) is 8.68. The third-order valence-corrected chi connectivity index (χ3v) is 11.7. The van der Waals surface area contributed by atoms with Gasteiger partial charge in [0.05, 0.1) is 47.7 Å². The van der Waals surface area contributed by atoms with E-state index in [1.807, 2.05) is 36.4 Å². The molecule has 0 saturated heterocycles. The quantitative estimate of drug-likeness (QED) is 0.145. The predicted molar refractivity (Wildman–Crippen MR) is 208 cm³/mol. The van der Waals surface area contributed by atoms with Crippen molar-refractivity contribution < 1.29 is 28.4 Å². The van der Waals surface area contributed by atoms with Crippen molar-refractivity contribution in [3.63, 3.8) is 0 Å². The van der Waals surface area contributed by atoms with E-state index in [0.29, 0.717) is 33.3 Å². The molecule has 2 aromatic heterocycles. The third-order valence-electron chi connectivity index (χ3n) is 11.1. The number of aromatic nitrogens is 2. The smallest absolute Gasteiger partial charge is 0.221 e. The van der Waals surface area contributed by atoms with Gasteiger partial charge in [0.2, 0.25) is 11.8 Å². The molecule has 12 heteroatoms. The van der Waals surface area contributed by atoms with Gasteiger partial charge >= 0.3 is 0 Å². The van der Waals surface area contributed by atoms with E-state index in [9.17, 15) is 0 Å². The van der Waals surface area contributed by atoms with Gasteiger partial charge in [-0.2, -0.15) is 0 Å². The van der Waals surface area contributed by atoms with Crippen LogP contribution in [0, 0.1) is 0 Å². The van der Waals surface area contributed by atoms with Crippen LogP contribution < -0.4 is 30.4 Å². The molecule has 6 rings (SSSR count). The van der Waals surface area contributed by atoms with Crippen molar-refractivity contribution in [2.24, 2.45) is 11.5 Å². The Morgan fingerprint density at radius 1 is 0.654 bits per heavy atom. The molecule has 0 amide bonds. The Morgan fingerprint density at radius 3 is 1.33 bits per heavy atom. The van der Waals surface area contributed by atoms with Crippen LogP contribution in [0.2, 0.25) is 10.0 Å². The molecule has 4 N–H and O–H groups in total. The molecule has 2 heterocycles. The lowest BCUT2D eigenvalue weighted by Gasteiger charge is -2.42. The second kappa shape index (κ2) is 17.8. The molecular weight excluding hydrogens is 703 g/mol. The van der Waals surface area contributed by atoms with E-state index in [2.05, 4.69) is 23.8 Å². The maximum absolute atomic E-state index is 6.45. The Kier molecular flexibility index (Phi) is 13.7. The summed E-state index contributed by atoms with van der Waals surface area (Å²) in [6.45, 7) is 4.21. The molecule has 52 heavy (non-hydrogen) atoms. The number of rotatable bonds is 12. The molecule has 4 aromatic rings. The maximum atomic E-state index is 6.45. The van der Waals surface area contributed by atoms with E-state index >= 15 is 0 Å². The molecule has 0 bridgehead atoms. The number of nitrogens with two attached hydrogens (primary N) is 2. The number of hydrogen-bond acceptors (Lipinski definition) is 10. The molecule has 0 aliphatic heterocycles. The summed E-state index contributed by atoms with van der Waals surface area (Å²) in [5, 5.41) is 4.87. The minimum atomic E-state index is -0.235. The van der Waals surface area contributed by atoms with Crippen molar-refractivity contribution in [3.05, 3.63) is 58.8 Å². The van der Waals surface area contributed by atoms with Gasteiger partial charge in [-0.15, -0.1) is 0 Å². The molecule has 2 unspecified atom stereocenters. The van der Waals surface area contributed by atoms with Crippen molar-refractivity contribution in [1.29, 1.82) is 0 Å². The first kappa shape index (κ1) is 40.1. The summed E-state index contributed by atoms with van der Waals surface area (Å²) in [7, 11) is 6.73. The lowest BCUT2D eigenvalue weighted by atomic mass is 9.77. The summed E-state index contributed by atoms with van der Waals surface area (Å²) < 4.78 is 34.7. The van der Waals surface area contributed by atoms with Crippen LogP contribution in [0.15, 0.2) is 48.8 Å². The van der Waals surface area contributed by atoms with Crippen molar-refractivity contribution in [2.75, 3.05) is 28.4 Å². The van der Waals surface area contributed by atoms with Crippen molar-refractivity contribution in [1.82, 2.24) is 9.97 Å². The number of ether oxygens (including phenoxy) is 6. The highest BCUT2D eigenvalue weighted by molar-refractivity contribution is 6.33. The second-order valence-electron chi connectivity index (χ2n) is 13.8. The molecule has 10 nitrogen and oxygen atoms in total. The highest BCUT2D eigenvalue weighted by Gasteiger charge is 2.41. The van der Waals surface area contributed by atoms with Gasteiger partial charge in [0.15, 0.2) is 0 Å². The zero-order valence-electron chi connectivity index (χ0n) is 31.3. The summed E-state index contributed by atoms with van der Waals surface area (Å²) in [5.74, 6) is 2.52. The molecule has 0 spiro atoms. The zero-order chi connectivity index (χ0) is 37.5. The molecule has 2 atom stereocenters. The van der Waals surface area contributed by atoms with E-state index in [0.717, 1.165) is 85.8 Å². The van der Waals surface area contributed by atoms with Gasteiger partial charge in [-0.05, 0) is 111 Å². The van der Waals surface area contributed by atoms with Gasteiger partial charge in [0, 0.05) is 49.5 Å². The van der Waals surface area contributed by atoms with E-state index in [1.165, 1.54) is 0 Å². The Bertz CT molecular complexity index is 1650. The first-order valence-corrected chi connectivity index (χ1v) is 19.0. The van der Waals surface area contributed by atoms with Crippen molar-refractivity contribution in [3.8, 4) is 23.3 Å². The fraction of sp³-hybridized carbons (Fsp3) is 0.550. The molecule has 0 radical (unpaired) electrons. The fourth-order valence-electron chi connectivity index (χ4n) is 7.75. The first-order valence-electron chi connectivity index (χ1n) is 18.2. The number of fused-ring (bicyclic) bond motifs is 2. The van der Waals surface area contributed by atoms with Crippen LogP contribution in [-0.4, -0.2) is 73.9 Å². The van der Waals surface area contributed by atoms with Gasteiger partial charge in [0.1, 0.15) is 11.5 Å². The number of pyridine rings is 2. The zero-order valence-corrected chi connectivity index (χ0v) is 32.8. The van der Waals surface area contributed by atoms with Gasteiger partial charge in [-0.1, -0.05) is 37.0 Å². The topological polar surface area (TPSA) is 133 Å². The molecule has 2 aliphatic carbocycles. The van der Waals surface area contributed by atoms with E-state index in [1.54, 1.807) is 40.8 Å². The standard InChI is InChI=1S/2C20H27ClN2O3/c2*1-4-18(22)20(25-3)8-5-14(6-9-20)26-17-11-13-7-10-23-19(24-2)15(13)12-16(17)21/h2*7,10-12,14,18H,4-6,8-9,22H2,1-3H3. The Hall–Kier alpha value is -3.12. The summed E-state index contributed by atoms with van der Waals surface area (Å²) in [6, 6.07) is 11.6. The summed E-state index contributed by atoms with van der Waals surface area (Å²) in [6.07, 6.45) is 12.7. The van der Waals surface area contributed by atoms with Crippen LogP contribution in [0.5, 0.6) is 23.3 Å². The molecule has 2 aromatic carbocycles. The van der Waals surface area contributed by atoms with Crippen LogP contribution in [-0.2, 0) is 9.47 Å². The van der Waals surface area contributed by atoms with Crippen LogP contribution in [0.25, 0.3) is 21.5 Å². The molecule has 2 aliphatic rings. The normalized spacial score (nSPS) is 24.4. The number of nitrogens with zero attached hydrogens (tertiary/aromatic N) is 2. The number of halogens is 2. The third kappa shape index (κ3) is 8.64. The SMILES string of the molecule is CCC(N)C1(OC)CCC(Oc2cc3ccnc(OC)c3cc2Cl)CC1.CCC(N)C1(OC)CCC(Oc2cc3ccnc(OC)c3cc2Cl)CC1. The van der Waals surface area contributed by atoms with Crippen LogP contribution in [0.1, 0.15) is 78.1 Å². The van der Waals surface area contributed by atoms with Gasteiger partial charge in [-0.25, -0.2) is 9.97 Å². The van der Waals surface area contributed by atoms with Crippen LogP contribution >= 0.6 is 23.2 Å². The molecule has 2 saturated carbocycles. The van der Waals surface area contributed by atoms with E-state index in [-0.39, 0.29) is 35.5 Å². The summed E-state index contributed by atoms with van der Waals surface area (Å²) >= 11 is 12.9. The number of benzene rings is 2. The molecular formula is C40H54Cl2N4O6. The average molecular weight is 758 g/mol. The lowest BCUT2D eigenvalue weighted by Crippen LogP contribution is -2.52. The van der Waals surface area contributed by atoms with Gasteiger partial charge in [-0.3, -0.25) is 0 Å². The van der Waals surface area contributed by atoms with E-state index < -0.39 is 0 Å². The highest BCUT2D eigenvalue weighted by atomic mass is 35.5. The maximum Gasteiger partial charge on any atom is 0.221 e. The Morgan fingerprint density at radius 2 is 1.02 bits per heavy atom. The minimum absolute atomic E-state index is 0.0534. The average Bonchev–Trinajstić information content (AvgIpc) is 3.18. The Balaban J connectivity index is 0.000000201. The Labute approximate surface area is 317 Å². The van der Waals surface area contributed by atoms with Gasteiger partial charge in [0.25, 0.3) is 0 Å². The minimum Gasteiger partial charge on any atom is -0.489 e. The fourth-order valence-corrected chi connectivity index (χ4v) is 8.17. The molecule has 2 fully saturated rings. The summed E-state index contributed by atoms with van der Waals surface area (Å²) in [4.78, 5) is 8.43. The number of methoxy groups -OCH3 is 4. The van der Waals surface area contributed by atoms with Crippen LogP contribution in [0.3, 0.4) is 0 Å². The van der Waals surface area contributed by atoms with Crippen LogP contribution in [0.4, 0.5) is 0 Å². The monoisotopic (exact) mass is 756 g/mol.